The topological polar surface area (TPSA) is 38.3 Å². The van der Waals surface area contributed by atoms with Gasteiger partial charge in [-0.15, -0.1) is 11.3 Å². The summed E-state index contributed by atoms with van der Waals surface area (Å²) >= 11 is 7.34. The van der Waals surface area contributed by atoms with Crippen LogP contribution in [0, 0.1) is 0 Å². The highest BCUT2D eigenvalue weighted by Crippen LogP contribution is 2.29. The Morgan fingerprint density at radius 2 is 2.41 bits per heavy atom. The monoisotopic (exact) mass is 273 g/mol. The molecular formula is C12H16ClNO2S. The molecule has 3 nitrogen and oxygen atoms in total. The summed E-state index contributed by atoms with van der Waals surface area (Å²) in [4.78, 5) is 12.7. The Morgan fingerprint density at radius 3 is 2.88 bits per heavy atom. The van der Waals surface area contributed by atoms with Crippen LogP contribution in [0.15, 0.2) is 12.1 Å². The maximum Gasteiger partial charge on any atom is 0.315 e. The molecular weight excluding hydrogens is 258 g/mol. The van der Waals surface area contributed by atoms with Crippen LogP contribution in [-0.2, 0) is 9.53 Å². The van der Waals surface area contributed by atoms with E-state index in [-0.39, 0.29) is 11.9 Å². The average molecular weight is 274 g/mol. The molecule has 1 aliphatic carbocycles. The molecule has 1 atom stereocenters. The van der Waals surface area contributed by atoms with Gasteiger partial charge in [0.1, 0.15) is 5.92 Å². The maximum absolute atomic E-state index is 11.7. The van der Waals surface area contributed by atoms with Crippen molar-refractivity contribution in [3.63, 3.8) is 0 Å². The third-order valence-electron chi connectivity index (χ3n) is 3.14. The highest BCUT2D eigenvalue weighted by Gasteiger charge is 2.25. The van der Waals surface area contributed by atoms with Crippen LogP contribution in [0.5, 0.6) is 0 Å². The number of nitrogens with one attached hydrogen (secondary N) is 1. The molecule has 1 aromatic rings. The Hall–Kier alpha value is -0.580. The van der Waals surface area contributed by atoms with E-state index in [1.807, 2.05) is 12.1 Å². The highest BCUT2D eigenvalue weighted by molar-refractivity contribution is 7.16. The number of carbonyl (C=O) groups excluding carboxylic acids is 1. The molecule has 0 spiro atoms. The highest BCUT2D eigenvalue weighted by atomic mass is 35.5. The summed E-state index contributed by atoms with van der Waals surface area (Å²) in [6.07, 6.45) is 3.70. The summed E-state index contributed by atoms with van der Waals surface area (Å²) < 4.78 is 5.55. The molecule has 0 bridgehead atoms. The van der Waals surface area contributed by atoms with Crippen LogP contribution in [0.25, 0.3) is 0 Å². The first-order chi connectivity index (χ1) is 8.20. The second-order valence-electron chi connectivity index (χ2n) is 4.25. The van der Waals surface area contributed by atoms with Crippen LogP contribution >= 0.6 is 22.9 Å². The number of carbonyl (C=O) groups is 1. The van der Waals surface area contributed by atoms with Crippen molar-refractivity contribution in [1.82, 2.24) is 5.32 Å². The summed E-state index contributed by atoms with van der Waals surface area (Å²) in [5.74, 6) is -0.437. The van der Waals surface area contributed by atoms with E-state index in [2.05, 4.69) is 5.32 Å². The van der Waals surface area contributed by atoms with Crippen LogP contribution in [0.1, 0.15) is 30.1 Å². The minimum Gasteiger partial charge on any atom is -0.468 e. The third kappa shape index (κ3) is 3.21. The van der Waals surface area contributed by atoms with E-state index >= 15 is 0 Å². The predicted molar refractivity (Wildman–Crippen MR) is 69.7 cm³/mol. The molecule has 1 unspecified atom stereocenters. The number of hydrogen-bond donors (Lipinski definition) is 1. The number of methoxy groups -OCH3 is 1. The second kappa shape index (κ2) is 5.85. The lowest BCUT2D eigenvalue weighted by Gasteiger charge is -2.28. The van der Waals surface area contributed by atoms with E-state index in [4.69, 9.17) is 16.3 Å². The summed E-state index contributed by atoms with van der Waals surface area (Å²) in [6.45, 7) is 0.633. The Bertz CT molecular complexity index is 390. The van der Waals surface area contributed by atoms with Crippen molar-refractivity contribution >= 4 is 28.9 Å². The number of halogens is 1. The largest absolute Gasteiger partial charge is 0.468 e. The van der Waals surface area contributed by atoms with E-state index in [9.17, 15) is 4.79 Å². The summed E-state index contributed by atoms with van der Waals surface area (Å²) in [5.41, 5.74) is 0. The fraction of sp³-hybridized carbons (Fsp3) is 0.583. The fourth-order valence-electron chi connectivity index (χ4n) is 1.85. The van der Waals surface area contributed by atoms with Gasteiger partial charge in [-0.05, 0) is 25.0 Å². The minimum absolute atomic E-state index is 0.199. The average Bonchev–Trinajstić information content (AvgIpc) is 2.67. The van der Waals surface area contributed by atoms with E-state index in [1.54, 1.807) is 0 Å². The zero-order valence-electron chi connectivity index (χ0n) is 9.74. The standard InChI is InChI=1S/C12H16ClNO2S/c1-16-12(15)9(7-14-8-3-2-4-8)10-5-6-11(13)17-10/h5-6,8-9,14H,2-4,7H2,1H3. The normalized spacial score (nSPS) is 17.5. The van der Waals surface area contributed by atoms with Crippen LogP contribution in [0.4, 0.5) is 0 Å². The van der Waals surface area contributed by atoms with Gasteiger partial charge in [0, 0.05) is 17.5 Å². The second-order valence-corrected chi connectivity index (χ2v) is 6.00. The molecule has 1 aliphatic rings. The lowest BCUT2D eigenvalue weighted by Crippen LogP contribution is -2.39. The van der Waals surface area contributed by atoms with E-state index in [1.165, 1.54) is 37.7 Å². The van der Waals surface area contributed by atoms with Gasteiger partial charge in [0.2, 0.25) is 0 Å². The SMILES string of the molecule is COC(=O)C(CNC1CCC1)c1ccc(Cl)s1. The molecule has 94 valence electrons. The number of rotatable bonds is 5. The quantitative estimate of drug-likeness (QED) is 0.839. The first kappa shape index (κ1) is 12.9. The van der Waals surface area contributed by atoms with Crippen molar-refractivity contribution in [2.24, 2.45) is 0 Å². The van der Waals surface area contributed by atoms with Gasteiger partial charge in [-0.2, -0.15) is 0 Å². The van der Waals surface area contributed by atoms with Crippen LogP contribution in [0.3, 0.4) is 0 Å². The molecule has 2 rings (SSSR count). The van der Waals surface area contributed by atoms with E-state index < -0.39 is 0 Å². The number of esters is 1. The molecule has 1 saturated carbocycles. The molecule has 1 N–H and O–H groups in total. The Balaban J connectivity index is 1.99. The van der Waals surface area contributed by atoms with Crippen LogP contribution < -0.4 is 5.32 Å². The van der Waals surface area contributed by atoms with Crippen molar-refractivity contribution in [3.8, 4) is 0 Å². The van der Waals surface area contributed by atoms with Gasteiger partial charge in [-0.3, -0.25) is 4.79 Å². The van der Waals surface area contributed by atoms with Crippen molar-refractivity contribution in [2.75, 3.05) is 13.7 Å². The molecule has 1 fully saturated rings. The molecule has 0 saturated heterocycles. The predicted octanol–water partition coefficient (Wildman–Crippen LogP) is 2.80. The molecule has 0 aromatic carbocycles. The van der Waals surface area contributed by atoms with Crippen molar-refractivity contribution in [1.29, 1.82) is 0 Å². The number of thiophene rings is 1. The first-order valence-electron chi connectivity index (χ1n) is 5.77. The first-order valence-corrected chi connectivity index (χ1v) is 6.96. The lowest BCUT2D eigenvalue weighted by molar-refractivity contribution is -0.142. The fourth-order valence-corrected chi connectivity index (χ4v) is 3.00. The van der Waals surface area contributed by atoms with Gasteiger partial charge < -0.3 is 10.1 Å². The van der Waals surface area contributed by atoms with Gasteiger partial charge in [0.15, 0.2) is 0 Å². The molecule has 0 amide bonds. The van der Waals surface area contributed by atoms with Crippen molar-refractivity contribution < 1.29 is 9.53 Å². The Morgan fingerprint density at radius 1 is 1.65 bits per heavy atom. The van der Waals surface area contributed by atoms with Crippen molar-refractivity contribution in [3.05, 3.63) is 21.3 Å². The summed E-state index contributed by atoms with van der Waals surface area (Å²) in [6, 6.07) is 4.29. The maximum atomic E-state index is 11.7. The van der Waals surface area contributed by atoms with Gasteiger partial charge in [0.25, 0.3) is 0 Å². The molecule has 17 heavy (non-hydrogen) atoms. The number of ether oxygens (including phenoxy) is 1. The molecule has 0 aliphatic heterocycles. The van der Waals surface area contributed by atoms with E-state index in [0.717, 1.165) is 4.88 Å². The molecule has 5 heteroatoms. The van der Waals surface area contributed by atoms with Gasteiger partial charge in [-0.25, -0.2) is 0 Å². The number of hydrogen-bond acceptors (Lipinski definition) is 4. The molecule has 0 radical (unpaired) electrons. The summed E-state index contributed by atoms with van der Waals surface area (Å²) in [5, 5.41) is 3.40. The van der Waals surface area contributed by atoms with Crippen LogP contribution in [0.2, 0.25) is 4.34 Å². The molecule has 1 heterocycles. The minimum atomic E-state index is -0.238. The third-order valence-corrected chi connectivity index (χ3v) is 4.48. The van der Waals surface area contributed by atoms with Gasteiger partial charge in [0.05, 0.1) is 11.4 Å². The zero-order chi connectivity index (χ0) is 12.3. The zero-order valence-corrected chi connectivity index (χ0v) is 11.3. The van der Waals surface area contributed by atoms with Gasteiger partial charge >= 0.3 is 5.97 Å². The van der Waals surface area contributed by atoms with Gasteiger partial charge in [-0.1, -0.05) is 18.0 Å². The Kier molecular flexibility index (Phi) is 4.42. The van der Waals surface area contributed by atoms with Crippen LogP contribution in [-0.4, -0.2) is 25.7 Å². The van der Waals surface area contributed by atoms with Crippen molar-refractivity contribution in [2.45, 2.75) is 31.2 Å². The lowest BCUT2D eigenvalue weighted by atomic mass is 9.92. The summed E-state index contributed by atoms with van der Waals surface area (Å²) in [7, 11) is 1.42. The van der Waals surface area contributed by atoms with E-state index in [0.29, 0.717) is 16.9 Å². The smallest absolute Gasteiger partial charge is 0.315 e. The molecule has 1 aromatic heterocycles. The Labute approximate surface area is 110 Å².